The molecule has 0 N–H and O–H groups in total. The van der Waals surface area contributed by atoms with Gasteiger partial charge in [0, 0.05) is 18.5 Å². The SMILES string of the molecule is CCOC(=O)CCN(C)Cc1csc(C)n1. The van der Waals surface area contributed by atoms with E-state index in [0.717, 1.165) is 17.2 Å². The van der Waals surface area contributed by atoms with Crippen molar-refractivity contribution in [2.24, 2.45) is 0 Å². The van der Waals surface area contributed by atoms with Crippen LogP contribution in [0.15, 0.2) is 5.38 Å². The molecule has 0 bridgehead atoms. The summed E-state index contributed by atoms with van der Waals surface area (Å²) in [4.78, 5) is 17.6. The Balaban J connectivity index is 2.25. The summed E-state index contributed by atoms with van der Waals surface area (Å²) >= 11 is 1.65. The molecule has 90 valence electrons. The van der Waals surface area contributed by atoms with Gasteiger partial charge in [-0.15, -0.1) is 11.3 Å². The minimum atomic E-state index is -0.135. The van der Waals surface area contributed by atoms with Crippen LogP contribution in [0.1, 0.15) is 24.0 Å². The Morgan fingerprint density at radius 3 is 2.94 bits per heavy atom. The smallest absolute Gasteiger partial charge is 0.307 e. The van der Waals surface area contributed by atoms with Crippen LogP contribution in [0.2, 0.25) is 0 Å². The van der Waals surface area contributed by atoms with Crippen LogP contribution in [0, 0.1) is 6.92 Å². The average molecular weight is 242 g/mol. The molecule has 0 unspecified atom stereocenters. The summed E-state index contributed by atoms with van der Waals surface area (Å²) in [5, 5.41) is 3.13. The minimum absolute atomic E-state index is 0.135. The summed E-state index contributed by atoms with van der Waals surface area (Å²) in [7, 11) is 1.98. The molecule has 1 rings (SSSR count). The van der Waals surface area contributed by atoms with Gasteiger partial charge in [0.2, 0.25) is 0 Å². The van der Waals surface area contributed by atoms with Crippen molar-refractivity contribution in [3.8, 4) is 0 Å². The van der Waals surface area contributed by atoms with Gasteiger partial charge < -0.3 is 4.74 Å². The van der Waals surface area contributed by atoms with Crippen LogP contribution in [-0.2, 0) is 16.1 Å². The van der Waals surface area contributed by atoms with E-state index in [1.807, 2.05) is 20.9 Å². The van der Waals surface area contributed by atoms with E-state index in [4.69, 9.17) is 4.74 Å². The molecule has 0 aliphatic carbocycles. The molecule has 4 nitrogen and oxygen atoms in total. The van der Waals surface area contributed by atoms with E-state index >= 15 is 0 Å². The Hall–Kier alpha value is -0.940. The predicted molar refractivity (Wildman–Crippen MR) is 64.4 cm³/mol. The number of carbonyl (C=O) groups is 1. The van der Waals surface area contributed by atoms with Crippen molar-refractivity contribution in [2.45, 2.75) is 26.8 Å². The number of rotatable bonds is 6. The number of aromatic nitrogens is 1. The van der Waals surface area contributed by atoms with Crippen molar-refractivity contribution >= 4 is 17.3 Å². The number of esters is 1. The fourth-order valence-corrected chi connectivity index (χ4v) is 1.96. The van der Waals surface area contributed by atoms with E-state index in [-0.39, 0.29) is 5.97 Å². The van der Waals surface area contributed by atoms with Crippen molar-refractivity contribution in [3.05, 3.63) is 16.1 Å². The van der Waals surface area contributed by atoms with Crippen LogP contribution >= 0.6 is 11.3 Å². The fraction of sp³-hybridized carbons (Fsp3) is 0.636. The highest BCUT2D eigenvalue weighted by molar-refractivity contribution is 7.09. The van der Waals surface area contributed by atoms with Gasteiger partial charge in [-0.1, -0.05) is 0 Å². The largest absolute Gasteiger partial charge is 0.466 e. The van der Waals surface area contributed by atoms with Crippen LogP contribution in [0.3, 0.4) is 0 Å². The average Bonchev–Trinajstić information content (AvgIpc) is 2.61. The first-order valence-corrected chi connectivity index (χ1v) is 6.25. The van der Waals surface area contributed by atoms with Gasteiger partial charge in [-0.3, -0.25) is 9.69 Å². The number of ether oxygens (including phenoxy) is 1. The van der Waals surface area contributed by atoms with Gasteiger partial charge in [0.25, 0.3) is 0 Å². The zero-order valence-electron chi connectivity index (χ0n) is 10.0. The molecular weight excluding hydrogens is 224 g/mol. The maximum atomic E-state index is 11.1. The lowest BCUT2D eigenvalue weighted by Gasteiger charge is -2.14. The summed E-state index contributed by atoms with van der Waals surface area (Å²) in [5.41, 5.74) is 1.06. The van der Waals surface area contributed by atoms with E-state index in [1.165, 1.54) is 0 Å². The zero-order chi connectivity index (χ0) is 12.0. The highest BCUT2D eigenvalue weighted by Gasteiger charge is 2.07. The molecule has 0 fully saturated rings. The number of hydrogen-bond acceptors (Lipinski definition) is 5. The molecule has 1 heterocycles. The summed E-state index contributed by atoms with van der Waals surface area (Å²) < 4.78 is 4.87. The molecular formula is C11H18N2O2S. The molecule has 0 radical (unpaired) electrons. The maximum absolute atomic E-state index is 11.1. The van der Waals surface area contributed by atoms with Crippen molar-refractivity contribution in [2.75, 3.05) is 20.2 Å². The monoisotopic (exact) mass is 242 g/mol. The summed E-state index contributed by atoms with van der Waals surface area (Å²) in [6.45, 7) is 5.75. The first-order valence-electron chi connectivity index (χ1n) is 5.37. The second kappa shape index (κ2) is 6.60. The Morgan fingerprint density at radius 2 is 2.38 bits per heavy atom. The summed E-state index contributed by atoms with van der Waals surface area (Å²) in [6, 6.07) is 0. The van der Waals surface area contributed by atoms with Crippen molar-refractivity contribution in [1.82, 2.24) is 9.88 Å². The van der Waals surface area contributed by atoms with Gasteiger partial charge in [-0.2, -0.15) is 0 Å². The Morgan fingerprint density at radius 1 is 1.62 bits per heavy atom. The number of hydrogen-bond donors (Lipinski definition) is 0. The highest BCUT2D eigenvalue weighted by Crippen LogP contribution is 2.09. The molecule has 1 aromatic rings. The van der Waals surface area contributed by atoms with Crippen LogP contribution in [0.5, 0.6) is 0 Å². The van der Waals surface area contributed by atoms with E-state index in [0.29, 0.717) is 19.6 Å². The first kappa shape index (κ1) is 13.1. The van der Waals surface area contributed by atoms with Gasteiger partial charge >= 0.3 is 5.97 Å². The Bertz CT molecular complexity index is 338. The second-order valence-electron chi connectivity index (χ2n) is 3.65. The molecule has 5 heteroatoms. The minimum Gasteiger partial charge on any atom is -0.466 e. The van der Waals surface area contributed by atoms with Crippen LogP contribution in [-0.4, -0.2) is 36.1 Å². The topological polar surface area (TPSA) is 42.4 Å². The van der Waals surface area contributed by atoms with Crippen molar-refractivity contribution in [1.29, 1.82) is 0 Å². The predicted octanol–water partition coefficient (Wildman–Crippen LogP) is 1.84. The molecule has 16 heavy (non-hydrogen) atoms. The number of thiazole rings is 1. The molecule has 0 saturated carbocycles. The van der Waals surface area contributed by atoms with Gasteiger partial charge in [-0.05, 0) is 20.9 Å². The third-order valence-electron chi connectivity index (χ3n) is 2.10. The molecule has 0 atom stereocenters. The number of nitrogens with zero attached hydrogens (tertiary/aromatic N) is 2. The van der Waals surface area contributed by atoms with Gasteiger partial charge in [-0.25, -0.2) is 4.98 Å². The summed E-state index contributed by atoms with van der Waals surface area (Å²) in [6.07, 6.45) is 0.438. The molecule has 0 amide bonds. The molecule has 0 aliphatic heterocycles. The van der Waals surface area contributed by atoms with Crippen molar-refractivity contribution in [3.63, 3.8) is 0 Å². The lowest BCUT2D eigenvalue weighted by Crippen LogP contribution is -2.22. The van der Waals surface area contributed by atoms with Crippen LogP contribution < -0.4 is 0 Å². The molecule has 0 spiro atoms. The quantitative estimate of drug-likeness (QED) is 0.714. The standard InChI is InChI=1S/C11H18N2O2S/c1-4-15-11(14)5-6-13(3)7-10-8-16-9(2)12-10/h8H,4-7H2,1-3H3. The van der Waals surface area contributed by atoms with E-state index in [1.54, 1.807) is 11.3 Å². The lowest BCUT2D eigenvalue weighted by atomic mass is 10.3. The van der Waals surface area contributed by atoms with Crippen LogP contribution in [0.4, 0.5) is 0 Å². The third kappa shape index (κ3) is 4.72. The maximum Gasteiger partial charge on any atom is 0.307 e. The van der Waals surface area contributed by atoms with Gasteiger partial charge in [0.05, 0.1) is 23.7 Å². The normalized spacial score (nSPS) is 10.8. The molecule has 0 aliphatic rings. The van der Waals surface area contributed by atoms with Gasteiger partial charge in [0.1, 0.15) is 0 Å². The Kier molecular flexibility index (Phi) is 5.42. The lowest BCUT2D eigenvalue weighted by molar-refractivity contribution is -0.143. The number of carbonyl (C=O) groups excluding carboxylic acids is 1. The molecule has 0 saturated heterocycles. The van der Waals surface area contributed by atoms with E-state index in [2.05, 4.69) is 15.3 Å². The number of aryl methyl sites for hydroxylation is 1. The Labute approximate surface area is 100 Å². The van der Waals surface area contributed by atoms with E-state index in [9.17, 15) is 4.79 Å². The second-order valence-corrected chi connectivity index (χ2v) is 4.71. The van der Waals surface area contributed by atoms with Crippen LogP contribution in [0.25, 0.3) is 0 Å². The highest BCUT2D eigenvalue weighted by atomic mass is 32.1. The summed E-state index contributed by atoms with van der Waals surface area (Å²) in [5.74, 6) is -0.135. The van der Waals surface area contributed by atoms with Crippen molar-refractivity contribution < 1.29 is 9.53 Å². The zero-order valence-corrected chi connectivity index (χ0v) is 10.8. The van der Waals surface area contributed by atoms with Gasteiger partial charge in [0.15, 0.2) is 0 Å². The fourth-order valence-electron chi connectivity index (χ4n) is 1.35. The van der Waals surface area contributed by atoms with E-state index < -0.39 is 0 Å². The molecule has 0 aromatic carbocycles. The first-order chi connectivity index (χ1) is 7.61. The third-order valence-corrected chi connectivity index (χ3v) is 2.92. The molecule has 1 aromatic heterocycles.